The zero-order valence-corrected chi connectivity index (χ0v) is 17.5. The molecule has 0 atom stereocenters. The summed E-state index contributed by atoms with van der Waals surface area (Å²) < 4.78 is 2.04. The monoisotopic (exact) mass is 424 g/mol. The maximum Gasteiger partial charge on any atom is 0.319 e. The minimum atomic E-state index is -0.199. The molecule has 3 N–H and O–H groups in total. The van der Waals surface area contributed by atoms with Crippen LogP contribution in [-0.4, -0.2) is 22.5 Å². The number of anilines is 2. The van der Waals surface area contributed by atoms with Crippen molar-refractivity contribution in [2.45, 2.75) is 25.4 Å². The molecule has 32 heavy (non-hydrogen) atoms. The molecule has 5 rings (SSSR count). The van der Waals surface area contributed by atoms with Crippen molar-refractivity contribution in [3.8, 4) is 0 Å². The van der Waals surface area contributed by atoms with E-state index in [1.807, 2.05) is 53.1 Å². The molecule has 1 fully saturated rings. The Bertz CT molecular complexity index is 1260. The SMILES string of the molecule is O=C(Nc1ccc(NC(=O)c2cc3ccccc3n2Cc2ccccc2)cc1)NC1CC1. The summed E-state index contributed by atoms with van der Waals surface area (Å²) in [5.41, 5.74) is 4.09. The van der Waals surface area contributed by atoms with Crippen LogP contribution in [0.2, 0.25) is 0 Å². The van der Waals surface area contributed by atoms with Gasteiger partial charge in [-0.15, -0.1) is 0 Å². The maximum absolute atomic E-state index is 13.2. The van der Waals surface area contributed by atoms with Crippen molar-refractivity contribution in [2.75, 3.05) is 10.6 Å². The minimum absolute atomic E-state index is 0.177. The normalized spacial score (nSPS) is 13.0. The highest BCUT2D eigenvalue weighted by Crippen LogP contribution is 2.23. The van der Waals surface area contributed by atoms with Crippen LogP contribution in [0.5, 0.6) is 0 Å². The Balaban J connectivity index is 1.34. The number of hydrogen-bond acceptors (Lipinski definition) is 2. The van der Waals surface area contributed by atoms with Gasteiger partial charge in [0.05, 0.1) is 0 Å². The summed E-state index contributed by atoms with van der Waals surface area (Å²) in [5.74, 6) is -0.177. The van der Waals surface area contributed by atoms with Crippen LogP contribution in [-0.2, 0) is 6.54 Å². The summed E-state index contributed by atoms with van der Waals surface area (Å²) in [6.45, 7) is 0.607. The van der Waals surface area contributed by atoms with Gasteiger partial charge in [0.25, 0.3) is 5.91 Å². The molecule has 1 aliphatic carbocycles. The fourth-order valence-electron chi connectivity index (χ4n) is 3.75. The number of fused-ring (bicyclic) bond motifs is 1. The van der Waals surface area contributed by atoms with Gasteiger partial charge in [0, 0.05) is 34.9 Å². The smallest absolute Gasteiger partial charge is 0.319 e. The van der Waals surface area contributed by atoms with Crippen LogP contribution in [0.3, 0.4) is 0 Å². The molecule has 1 heterocycles. The summed E-state index contributed by atoms with van der Waals surface area (Å²) in [5, 5.41) is 9.70. The molecule has 0 spiro atoms. The van der Waals surface area contributed by atoms with Crippen molar-refractivity contribution < 1.29 is 9.59 Å². The summed E-state index contributed by atoms with van der Waals surface area (Å²) in [7, 11) is 0. The molecule has 4 aromatic rings. The number of aromatic nitrogens is 1. The summed E-state index contributed by atoms with van der Waals surface area (Å²) >= 11 is 0. The van der Waals surface area contributed by atoms with Crippen LogP contribution in [0.4, 0.5) is 16.2 Å². The number of hydrogen-bond donors (Lipinski definition) is 3. The van der Waals surface area contributed by atoms with Gasteiger partial charge in [-0.25, -0.2) is 4.79 Å². The molecular weight excluding hydrogens is 400 g/mol. The zero-order valence-electron chi connectivity index (χ0n) is 17.5. The predicted molar refractivity (Wildman–Crippen MR) is 127 cm³/mol. The average Bonchev–Trinajstić information content (AvgIpc) is 3.55. The fraction of sp³-hybridized carbons (Fsp3) is 0.154. The Hall–Kier alpha value is -4.06. The molecule has 3 amide bonds. The molecule has 160 valence electrons. The second-order valence-electron chi connectivity index (χ2n) is 8.06. The van der Waals surface area contributed by atoms with Crippen LogP contribution in [0.1, 0.15) is 28.9 Å². The molecule has 0 aliphatic heterocycles. The van der Waals surface area contributed by atoms with E-state index in [1.165, 1.54) is 0 Å². The number of nitrogens with zero attached hydrogens (tertiary/aromatic N) is 1. The standard InChI is InChI=1S/C26H24N4O2/c31-25(27-20-10-12-21(13-11-20)28-26(32)29-22-14-15-22)24-16-19-8-4-5-9-23(19)30(24)17-18-6-2-1-3-7-18/h1-13,16,22H,14-15,17H2,(H,27,31)(H2,28,29,32). The van der Waals surface area contributed by atoms with E-state index >= 15 is 0 Å². The second-order valence-corrected chi connectivity index (χ2v) is 8.06. The summed E-state index contributed by atoms with van der Waals surface area (Å²) in [6, 6.07) is 27.3. The average molecular weight is 425 g/mol. The Morgan fingerprint density at radius 3 is 2.19 bits per heavy atom. The molecule has 1 aromatic heterocycles. The van der Waals surface area contributed by atoms with Gasteiger partial charge in [-0.3, -0.25) is 4.79 Å². The van der Waals surface area contributed by atoms with E-state index < -0.39 is 0 Å². The van der Waals surface area contributed by atoms with E-state index in [0.29, 0.717) is 29.7 Å². The first-order chi connectivity index (χ1) is 15.7. The maximum atomic E-state index is 13.2. The summed E-state index contributed by atoms with van der Waals surface area (Å²) in [6.07, 6.45) is 2.08. The van der Waals surface area contributed by atoms with Crippen molar-refractivity contribution in [3.05, 3.63) is 96.2 Å². The lowest BCUT2D eigenvalue weighted by molar-refractivity contribution is 0.101. The minimum Gasteiger partial charge on any atom is -0.335 e. The zero-order chi connectivity index (χ0) is 21.9. The first-order valence-corrected chi connectivity index (χ1v) is 10.8. The van der Waals surface area contributed by atoms with Crippen LogP contribution >= 0.6 is 0 Å². The third kappa shape index (κ3) is 4.49. The molecule has 1 aliphatic rings. The van der Waals surface area contributed by atoms with Crippen LogP contribution in [0, 0.1) is 0 Å². The van der Waals surface area contributed by atoms with E-state index in [0.717, 1.165) is 29.3 Å². The van der Waals surface area contributed by atoms with Crippen LogP contribution < -0.4 is 16.0 Å². The van der Waals surface area contributed by atoms with Gasteiger partial charge in [0.1, 0.15) is 5.69 Å². The number of amides is 3. The number of rotatable bonds is 6. The number of benzene rings is 3. The summed E-state index contributed by atoms with van der Waals surface area (Å²) in [4.78, 5) is 25.1. The van der Waals surface area contributed by atoms with Gasteiger partial charge in [0.2, 0.25) is 0 Å². The number of carbonyl (C=O) groups is 2. The second kappa shape index (κ2) is 8.59. The van der Waals surface area contributed by atoms with E-state index in [1.54, 1.807) is 24.3 Å². The van der Waals surface area contributed by atoms with Gasteiger partial charge < -0.3 is 20.5 Å². The van der Waals surface area contributed by atoms with Gasteiger partial charge in [-0.05, 0) is 54.8 Å². The number of urea groups is 1. The van der Waals surface area contributed by atoms with Crippen molar-refractivity contribution in [2.24, 2.45) is 0 Å². The molecule has 0 saturated heterocycles. The van der Waals surface area contributed by atoms with E-state index in [2.05, 4.69) is 28.1 Å². The van der Waals surface area contributed by atoms with Gasteiger partial charge in [0.15, 0.2) is 0 Å². The molecule has 6 nitrogen and oxygen atoms in total. The third-order valence-corrected chi connectivity index (χ3v) is 5.54. The number of carbonyl (C=O) groups excluding carboxylic acids is 2. The number of nitrogens with one attached hydrogen (secondary N) is 3. The van der Waals surface area contributed by atoms with Gasteiger partial charge in [-0.2, -0.15) is 0 Å². The third-order valence-electron chi connectivity index (χ3n) is 5.54. The van der Waals surface area contributed by atoms with Crippen molar-refractivity contribution in [1.82, 2.24) is 9.88 Å². The Morgan fingerprint density at radius 1 is 0.812 bits per heavy atom. The molecule has 0 unspecified atom stereocenters. The largest absolute Gasteiger partial charge is 0.335 e. The molecular formula is C26H24N4O2. The highest BCUT2D eigenvalue weighted by molar-refractivity contribution is 6.06. The highest BCUT2D eigenvalue weighted by atomic mass is 16.2. The molecule has 0 bridgehead atoms. The van der Waals surface area contributed by atoms with Crippen molar-refractivity contribution in [1.29, 1.82) is 0 Å². The lowest BCUT2D eigenvalue weighted by atomic mass is 10.2. The van der Waals surface area contributed by atoms with E-state index in [-0.39, 0.29) is 11.9 Å². The first-order valence-electron chi connectivity index (χ1n) is 10.8. The molecule has 1 saturated carbocycles. The van der Waals surface area contributed by atoms with Crippen LogP contribution in [0.15, 0.2) is 84.9 Å². The van der Waals surface area contributed by atoms with E-state index in [9.17, 15) is 9.59 Å². The molecule has 6 heteroatoms. The predicted octanol–water partition coefficient (Wildman–Crippen LogP) is 5.23. The molecule has 3 aromatic carbocycles. The Kier molecular flexibility index (Phi) is 5.34. The van der Waals surface area contributed by atoms with Crippen molar-refractivity contribution >= 4 is 34.2 Å². The first kappa shape index (κ1) is 19.9. The Morgan fingerprint density at radius 2 is 1.47 bits per heavy atom. The number of para-hydroxylation sites is 1. The van der Waals surface area contributed by atoms with Gasteiger partial charge >= 0.3 is 6.03 Å². The fourth-order valence-corrected chi connectivity index (χ4v) is 3.75. The van der Waals surface area contributed by atoms with Crippen molar-refractivity contribution in [3.63, 3.8) is 0 Å². The van der Waals surface area contributed by atoms with Gasteiger partial charge in [-0.1, -0.05) is 48.5 Å². The lowest BCUT2D eigenvalue weighted by Gasteiger charge is -2.12. The topological polar surface area (TPSA) is 75.2 Å². The van der Waals surface area contributed by atoms with E-state index in [4.69, 9.17) is 0 Å². The highest BCUT2D eigenvalue weighted by Gasteiger charge is 2.23. The Labute approximate surface area is 186 Å². The lowest BCUT2D eigenvalue weighted by Crippen LogP contribution is -2.30. The quantitative estimate of drug-likeness (QED) is 0.397. The van der Waals surface area contributed by atoms with Crippen LogP contribution in [0.25, 0.3) is 10.9 Å². The molecule has 0 radical (unpaired) electrons.